The maximum atomic E-state index is 13.6. The Morgan fingerprint density at radius 1 is 0.800 bits per heavy atom. The van der Waals surface area contributed by atoms with E-state index in [1.807, 2.05) is 18.2 Å². The van der Waals surface area contributed by atoms with Gasteiger partial charge in [-0.3, -0.25) is 9.59 Å². The van der Waals surface area contributed by atoms with E-state index in [0.29, 0.717) is 37.9 Å². The van der Waals surface area contributed by atoms with Crippen LogP contribution in [0.2, 0.25) is 5.02 Å². The highest BCUT2D eigenvalue weighted by atomic mass is 79.9. The topological polar surface area (TPSA) is 76.2 Å². The van der Waals surface area contributed by atoms with Crippen LogP contribution in [0.5, 0.6) is 11.5 Å². The lowest BCUT2D eigenvalue weighted by molar-refractivity contribution is -0.121. The maximum absolute atomic E-state index is 13.6. The van der Waals surface area contributed by atoms with Gasteiger partial charge in [-0.1, -0.05) is 66.2 Å². The molecule has 1 heterocycles. The summed E-state index contributed by atoms with van der Waals surface area (Å²) in [5, 5.41) is 0.578. The third-order valence-corrected chi connectivity index (χ3v) is 7.13. The van der Waals surface area contributed by atoms with E-state index in [0.717, 1.165) is 15.4 Å². The lowest BCUT2D eigenvalue weighted by atomic mass is 10.0. The minimum atomic E-state index is -0.758. The molecule has 0 saturated carbocycles. The lowest BCUT2D eigenvalue weighted by Gasteiger charge is -2.34. The van der Waals surface area contributed by atoms with Crippen LogP contribution in [0, 0.1) is 0 Å². The van der Waals surface area contributed by atoms with Gasteiger partial charge in [0.15, 0.2) is 11.5 Å². The molecule has 0 spiro atoms. The van der Waals surface area contributed by atoms with Gasteiger partial charge >= 0.3 is 6.03 Å². The molecule has 4 aromatic rings. The van der Waals surface area contributed by atoms with E-state index in [1.54, 1.807) is 78.9 Å². The molecule has 0 bridgehead atoms. The Labute approximate surface area is 244 Å². The van der Waals surface area contributed by atoms with Crippen molar-refractivity contribution in [2.45, 2.75) is 6.61 Å². The highest BCUT2D eigenvalue weighted by Gasteiger charge is 2.43. The molecule has 0 N–H and O–H groups in total. The van der Waals surface area contributed by atoms with Gasteiger partial charge in [0.05, 0.1) is 23.0 Å². The normalized spacial score (nSPS) is 13.5. The molecule has 9 heteroatoms. The number of carbonyl (C=O) groups excluding carboxylic acids is 3. The first-order valence-corrected chi connectivity index (χ1v) is 13.3. The van der Waals surface area contributed by atoms with Crippen molar-refractivity contribution < 1.29 is 23.9 Å². The Hall–Kier alpha value is -4.40. The van der Waals surface area contributed by atoms with E-state index in [-0.39, 0.29) is 12.2 Å². The van der Waals surface area contributed by atoms with Crippen molar-refractivity contribution in [1.29, 1.82) is 0 Å². The van der Waals surface area contributed by atoms with E-state index in [2.05, 4.69) is 15.9 Å². The number of para-hydroxylation sites is 2. The highest BCUT2D eigenvalue weighted by Crippen LogP contribution is 2.39. The van der Waals surface area contributed by atoms with Crippen molar-refractivity contribution in [1.82, 2.24) is 0 Å². The van der Waals surface area contributed by atoms with Crippen LogP contribution in [-0.4, -0.2) is 25.0 Å². The third kappa shape index (κ3) is 5.36. The number of carbonyl (C=O) groups is 3. The molecule has 40 heavy (non-hydrogen) atoms. The number of amides is 4. The molecule has 200 valence electrons. The molecule has 0 aromatic heterocycles. The van der Waals surface area contributed by atoms with Gasteiger partial charge in [-0.05, 0) is 70.0 Å². The van der Waals surface area contributed by atoms with E-state index in [9.17, 15) is 14.4 Å². The minimum absolute atomic E-state index is 0.189. The Bertz CT molecular complexity index is 1560. The largest absolute Gasteiger partial charge is 0.493 e. The van der Waals surface area contributed by atoms with Crippen LogP contribution in [0.3, 0.4) is 0 Å². The van der Waals surface area contributed by atoms with Crippen LogP contribution >= 0.6 is 27.5 Å². The summed E-state index contributed by atoms with van der Waals surface area (Å²) in [5.74, 6) is -0.664. The number of ether oxygens (including phenoxy) is 2. The molecule has 0 atom stereocenters. The first-order chi connectivity index (χ1) is 19.4. The fraction of sp³-hybridized carbons (Fsp3) is 0.0645. The number of urea groups is 1. The molecule has 7 nitrogen and oxygen atoms in total. The standard InChI is InChI=1S/C31H22BrClN2O5/c1-39-27-18-20(17-25(32)28(27)40-19-21-10-8-9-15-26(21)33)16-24-29(36)34(22-11-4-2-5-12-22)31(38)35(30(24)37)23-13-6-3-7-14-23/h2-18H,19H2,1H3. The molecule has 1 aliphatic rings. The zero-order chi connectivity index (χ0) is 28.2. The molecular formula is C31H22BrClN2O5. The van der Waals surface area contributed by atoms with Crippen LogP contribution in [0.1, 0.15) is 11.1 Å². The van der Waals surface area contributed by atoms with Gasteiger partial charge in [0.2, 0.25) is 0 Å². The summed E-state index contributed by atoms with van der Waals surface area (Å²) in [6.45, 7) is 0.201. The monoisotopic (exact) mass is 616 g/mol. The average Bonchev–Trinajstić information content (AvgIpc) is 2.96. The molecule has 4 amide bonds. The summed E-state index contributed by atoms with van der Waals surface area (Å²) in [7, 11) is 1.49. The average molecular weight is 618 g/mol. The number of hydrogen-bond donors (Lipinski definition) is 0. The van der Waals surface area contributed by atoms with Gasteiger partial charge in [0.25, 0.3) is 11.8 Å². The van der Waals surface area contributed by atoms with Crippen molar-refractivity contribution in [2.24, 2.45) is 0 Å². The van der Waals surface area contributed by atoms with E-state index in [1.165, 1.54) is 13.2 Å². The summed E-state index contributed by atoms with van der Waals surface area (Å²) >= 11 is 9.78. The van der Waals surface area contributed by atoms with E-state index >= 15 is 0 Å². The van der Waals surface area contributed by atoms with Gasteiger partial charge < -0.3 is 9.47 Å². The van der Waals surface area contributed by atoms with Gasteiger partial charge in [0.1, 0.15) is 12.2 Å². The smallest absolute Gasteiger partial charge is 0.343 e. The summed E-state index contributed by atoms with van der Waals surface area (Å²) < 4.78 is 12.1. The second kappa shape index (κ2) is 11.8. The summed E-state index contributed by atoms with van der Waals surface area (Å²) in [6, 6.07) is 26.9. The first kappa shape index (κ1) is 27.2. The molecule has 0 aliphatic carbocycles. The Kier molecular flexibility index (Phi) is 8.00. The Morgan fingerprint density at radius 2 is 1.35 bits per heavy atom. The predicted molar refractivity (Wildman–Crippen MR) is 158 cm³/mol. The number of benzene rings is 4. The van der Waals surface area contributed by atoms with Gasteiger partial charge in [-0.25, -0.2) is 14.6 Å². The van der Waals surface area contributed by atoms with Gasteiger partial charge in [-0.2, -0.15) is 0 Å². The summed E-state index contributed by atoms with van der Waals surface area (Å²) in [5.41, 5.74) is 1.79. The maximum Gasteiger partial charge on any atom is 0.343 e. The van der Waals surface area contributed by atoms with Crippen molar-refractivity contribution in [3.05, 3.63) is 123 Å². The number of nitrogens with zero attached hydrogens (tertiary/aromatic N) is 2. The molecule has 0 radical (unpaired) electrons. The zero-order valence-corrected chi connectivity index (χ0v) is 23.6. The van der Waals surface area contributed by atoms with Crippen molar-refractivity contribution >= 4 is 62.8 Å². The number of hydrogen-bond acceptors (Lipinski definition) is 5. The van der Waals surface area contributed by atoms with Crippen LogP contribution in [0.15, 0.2) is 107 Å². The minimum Gasteiger partial charge on any atom is -0.493 e. The molecule has 4 aromatic carbocycles. The van der Waals surface area contributed by atoms with Gasteiger partial charge in [-0.15, -0.1) is 0 Å². The SMILES string of the molecule is COc1cc(C=C2C(=O)N(c3ccccc3)C(=O)N(c3ccccc3)C2=O)cc(Br)c1OCc1ccccc1Cl. The molecule has 5 rings (SSSR count). The highest BCUT2D eigenvalue weighted by molar-refractivity contribution is 9.10. The number of barbiturate groups is 1. The fourth-order valence-electron chi connectivity index (χ4n) is 4.23. The fourth-order valence-corrected chi connectivity index (χ4v) is 5.00. The Morgan fingerprint density at radius 3 is 1.90 bits per heavy atom. The van der Waals surface area contributed by atoms with Crippen LogP contribution in [-0.2, 0) is 16.2 Å². The second-order valence-electron chi connectivity index (χ2n) is 8.71. The first-order valence-electron chi connectivity index (χ1n) is 12.2. The summed E-state index contributed by atoms with van der Waals surface area (Å²) in [4.78, 5) is 42.7. The van der Waals surface area contributed by atoms with Crippen molar-refractivity contribution in [2.75, 3.05) is 16.9 Å². The third-order valence-electron chi connectivity index (χ3n) is 6.17. The number of halogens is 2. The molecule has 1 aliphatic heterocycles. The second-order valence-corrected chi connectivity index (χ2v) is 9.97. The zero-order valence-electron chi connectivity index (χ0n) is 21.2. The Balaban J connectivity index is 1.55. The number of methoxy groups -OCH3 is 1. The van der Waals surface area contributed by atoms with Gasteiger partial charge in [0, 0.05) is 10.6 Å². The van der Waals surface area contributed by atoms with E-state index in [4.69, 9.17) is 21.1 Å². The van der Waals surface area contributed by atoms with Crippen molar-refractivity contribution in [3.63, 3.8) is 0 Å². The predicted octanol–water partition coefficient (Wildman–Crippen LogP) is 7.27. The molecule has 0 unspecified atom stereocenters. The van der Waals surface area contributed by atoms with E-state index < -0.39 is 17.8 Å². The molecule has 1 saturated heterocycles. The van der Waals surface area contributed by atoms with Crippen LogP contribution < -0.4 is 19.3 Å². The number of imide groups is 2. The molecule has 1 fully saturated rings. The quantitative estimate of drug-likeness (QED) is 0.161. The lowest BCUT2D eigenvalue weighted by Crippen LogP contribution is -2.57. The van der Waals surface area contributed by atoms with Crippen LogP contribution in [0.25, 0.3) is 6.08 Å². The number of anilines is 2. The molecular weight excluding hydrogens is 596 g/mol. The number of rotatable bonds is 7. The van der Waals surface area contributed by atoms with Crippen molar-refractivity contribution in [3.8, 4) is 11.5 Å². The summed E-state index contributed by atoms with van der Waals surface area (Å²) in [6.07, 6.45) is 1.44. The van der Waals surface area contributed by atoms with Crippen LogP contribution in [0.4, 0.5) is 16.2 Å².